The van der Waals surface area contributed by atoms with E-state index in [2.05, 4.69) is 67.3 Å². The molecule has 2 amide bonds. The van der Waals surface area contributed by atoms with Crippen LogP contribution in [-0.2, 0) is 20.9 Å². The standard InChI is InChI=1S/C36H43N5O3/c1-25(2)31-13-8-26(3)18-34(31)44-24-36(43)40-16-14-39(15-17-40)35(42)23-41-22-30(20-38-41)27-9-11-28(12-10-27)33-21-37-19-29-6-4-5-7-32(29)33/h4-7,9-12,19-22,25-26,31,34H,8,13-18,23-24H2,1-3H3/t26-,31+,34-/m1/s1. The van der Waals surface area contributed by atoms with E-state index in [-0.39, 0.29) is 31.1 Å². The van der Waals surface area contributed by atoms with E-state index in [4.69, 9.17) is 4.74 Å². The number of carbonyl (C=O) groups is 2. The highest BCUT2D eigenvalue weighted by atomic mass is 16.5. The first-order valence-corrected chi connectivity index (χ1v) is 16.0. The molecule has 1 saturated carbocycles. The Balaban J connectivity index is 0.995. The molecule has 8 nitrogen and oxygen atoms in total. The summed E-state index contributed by atoms with van der Waals surface area (Å²) in [5, 5.41) is 6.75. The predicted molar refractivity (Wildman–Crippen MR) is 173 cm³/mol. The minimum Gasteiger partial charge on any atom is -0.368 e. The summed E-state index contributed by atoms with van der Waals surface area (Å²) in [4.78, 5) is 34.1. The fourth-order valence-electron chi connectivity index (χ4n) is 6.81. The average molecular weight is 594 g/mol. The second-order valence-electron chi connectivity index (χ2n) is 12.8. The van der Waals surface area contributed by atoms with Gasteiger partial charge in [0.1, 0.15) is 13.2 Å². The number of aromatic nitrogens is 3. The van der Waals surface area contributed by atoms with E-state index in [1.54, 1.807) is 10.9 Å². The lowest BCUT2D eigenvalue weighted by Gasteiger charge is -2.38. The van der Waals surface area contributed by atoms with Gasteiger partial charge in [-0.1, -0.05) is 75.7 Å². The van der Waals surface area contributed by atoms with Crippen LogP contribution in [0, 0.1) is 17.8 Å². The lowest BCUT2D eigenvalue weighted by Crippen LogP contribution is -2.52. The lowest BCUT2D eigenvalue weighted by molar-refractivity contribution is -0.146. The molecular formula is C36H43N5O3. The Bertz CT molecular complexity index is 1580. The molecule has 3 atom stereocenters. The molecule has 6 rings (SSSR count). The summed E-state index contributed by atoms with van der Waals surface area (Å²) in [6.07, 6.45) is 11.1. The minimum absolute atomic E-state index is 0.0118. The zero-order chi connectivity index (χ0) is 30.6. The number of hydrogen-bond acceptors (Lipinski definition) is 5. The van der Waals surface area contributed by atoms with Crippen LogP contribution in [0.25, 0.3) is 33.0 Å². The van der Waals surface area contributed by atoms with Crippen molar-refractivity contribution in [1.82, 2.24) is 24.6 Å². The van der Waals surface area contributed by atoms with Gasteiger partial charge in [0, 0.05) is 61.3 Å². The molecule has 44 heavy (non-hydrogen) atoms. The molecule has 0 unspecified atom stereocenters. The first-order valence-electron chi connectivity index (χ1n) is 16.0. The van der Waals surface area contributed by atoms with Crippen LogP contribution < -0.4 is 0 Å². The number of fused-ring (bicyclic) bond motifs is 1. The van der Waals surface area contributed by atoms with Crippen molar-refractivity contribution in [1.29, 1.82) is 0 Å². The van der Waals surface area contributed by atoms with E-state index in [0.29, 0.717) is 43.9 Å². The van der Waals surface area contributed by atoms with Crippen molar-refractivity contribution in [3.05, 3.63) is 73.3 Å². The summed E-state index contributed by atoms with van der Waals surface area (Å²) in [5.74, 6) is 1.75. The van der Waals surface area contributed by atoms with Gasteiger partial charge >= 0.3 is 0 Å². The van der Waals surface area contributed by atoms with E-state index in [9.17, 15) is 9.59 Å². The third-order valence-electron chi connectivity index (χ3n) is 9.50. The van der Waals surface area contributed by atoms with E-state index in [1.807, 2.05) is 40.5 Å². The SMILES string of the molecule is CC(C)[C@@H]1CC[C@@H](C)C[C@H]1OCC(=O)N1CCN(C(=O)Cn2cc(-c3ccc(-c4cncc5ccccc45)cc3)cn2)CC1. The quantitative estimate of drug-likeness (QED) is 0.254. The number of benzene rings is 2. The van der Waals surface area contributed by atoms with E-state index in [1.165, 1.54) is 18.2 Å². The van der Waals surface area contributed by atoms with Crippen LogP contribution in [0.5, 0.6) is 0 Å². The summed E-state index contributed by atoms with van der Waals surface area (Å²) >= 11 is 0. The number of ether oxygens (including phenoxy) is 1. The third kappa shape index (κ3) is 6.70. The molecule has 1 aliphatic carbocycles. The van der Waals surface area contributed by atoms with Gasteiger partial charge in [0.15, 0.2) is 0 Å². The fourth-order valence-corrected chi connectivity index (χ4v) is 6.81. The number of nitrogens with zero attached hydrogens (tertiary/aromatic N) is 5. The molecule has 2 fully saturated rings. The Morgan fingerprint density at radius 3 is 2.32 bits per heavy atom. The van der Waals surface area contributed by atoms with Crippen LogP contribution in [0.15, 0.2) is 73.3 Å². The molecule has 0 spiro atoms. The van der Waals surface area contributed by atoms with Gasteiger partial charge in [0.25, 0.3) is 0 Å². The first-order chi connectivity index (χ1) is 21.4. The van der Waals surface area contributed by atoms with E-state index >= 15 is 0 Å². The highest BCUT2D eigenvalue weighted by Gasteiger charge is 2.32. The summed E-state index contributed by atoms with van der Waals surface area (Å²) in [5.41, 5.74) is 4.21. The maximum atomic E-state index is 13.1. The maximum Gasteiger partial charge on any atom is 0.248 e. The first kappa shape index (κ1) is 30.0. The van der Waals surface area contributed by atoms with Crippen molar-refractivity contribution in [2.24, 2.45) is 17.8 Å². The zero-order valence-corrected chi connectivity index (χ0v) is 26.1. The number of amides is 2. The van der Waals surface area contributed by atoms with Crippen LogP contribution >= 0.6 is 0 Å². The molecule has 2 aliphatic rings. The number of rotatable bonds is 8. The van der Waals surface area contributed by atoms with Crippen molar-refractivity contribution in [3.8, 4) is 22.3 Å². The van der Waals surface area contributed by atoms with Crippen molar-refractivity contribution in [2.45, 2.75) is 52.7 Å². The average Bonchev–Trinajstić information content (AvgIpc) is 3.51. The van der Waals surface area contributed by atoms with Crippen LogP contribution in [0.4, 0.5) is 0 Å². The Hall–Kier alpha value is -4.04. The molecular weight excluding hydrogens is 550 g/mol. The van der Waals surface area contributed by atoms with E-state index < -0.39 is 0 Å². The van der Waals surface area contributed by atoms with Gasteiger partial charge in [-0.05, 0) is 47.1 Å². The highest BCUT2D eigenvalue weighted by molar-refractivity contribution is 5.95. The smallest absolute Gasteiger partial charge is 0.248 e. The normalized spacial score (nSPS) is 20.8. The number of pyridine rings is 1. The summed E-state index contributed by atoms with van der Waals surface area (Å²) < 4.78 is 7.89. The van der Waals surface area contributed by atoms with Gasteiger partial charge in [-0.2, -0.15) is 5.10 Å². The Morgan fingerprint density at radius 2 is 1.57 bits per heavy atom. The monoisotopic (exact) mass is 593 g/mol. The lowest BCUT2D eigenvalue weighted by atomic mass is 9.75. The van der Waals surface area contributed by atoms with E-state index in [0.717, 1.165) is 34.1 Å². The van der Waals surface area contributed by atoms with Crippen LogP contribution in [-0.4, -0.2) is 75.3 Å². The molecule has 0 radical (unpaired) electrons. The Kier molecular flexibility index (Phi) is 9.07. The second kappa shape index (κ2) is 13.3. The Labute approximate surface area is 260 Å². The van der Waals surface area contributed by atoms with Gasteiger partial charge in [0.2, 0.25) is 11.8 Å². The van der Waals surface area contributed by atoms with Crippen LogP contribution in [0.3, 0.4) is 0 Å². The summed E-state index contributed by atoms with van der Waals surface area (Å²) in [7, 11) is 0. The molecule has 0 N–H and O–H groups in total. The zero-order valence-electron chi connectivity index (χ0n) is 26.1. The summed E-state index contributed by atoms with van der Waals surface area (Å²) in [6.45, 7) is 9.20. The van der Waals surface area contributed by atoms with Crippen molar-refractivity contribution in [3.63, 3.8) is 0 Å². The van der Waals surface area contributed by atoms with Crippen molar-refractivity contribution in [2.75, 3.05) is 32.8 Å². The number of hydrogen-bond donors (Lipinski definition) is 0. The molecule has 4 aromatic rings. The van der Waals surface area contributed by atoms with Gasteiger partial charge in [-0.15, -0.1) is 0 Å². The molecule has 3 heterocycles. The van der Waals surface area contributed by atoms with Gasteiger partial charge < -0.3 is 14.5 Å². The topological polar surface area (TPSA) is 80.6 Å². The molecule has 0 bridgehead atoms. The molecule has 1 saturated heterocycles. The third-order valence-corrected chi connectivity index (χ3v) is 9.50. The highest BCUT2D eigenvalue weighted by Crippen LogP contribution is 2.35. The number of piperazine rings is 1. The molecule has 2 aromatic carbocycles. The predicted octanol–water partition coefficient (Wildman–Crippen LogP) is 5.91. The molecule has 1 aliphatic heterocycles. The molecule has 8 heteroatoms. The van der Waals surface area contributed by atoms with Gasteiger partial charge in [-0.3, -0.25) is 19.3 Å². The molecule has 2 aromatic heterocycles. The molecule has 230 valence electrons. The van der Waals surface area contributed by atoms with Gasteiger partial charge in [-0.25, -0.2) is 0 Å². The maximum absolute atomic E-state index is 13.1. The van der Waals surface area contributed by atoms with Crippen LogP contribution in [0.2, 0.25) is 0 Å². The van der Waals surface area contributed by atoms with Crippen molar-refractivity contribution < 1.29 is 14.3 Å². The number of carbonyl (C=O) groups excluding carboxylic acids is 2. The van der Waals surface area contributed by atoms with Crippen molar-refractivity contribution >= 4 is 22.6 Å². The fraction of sp³-hybridized carbons (Fsp3) is 0.444. The Morgan fingerprint density at radius 1 is 0.864 bits per heavy atom. The second-order valence-corrected chi connectivity index (χ2v) is 12.8. The van der Waals surface area contributed by atoms with Gasteiger partial charge in [0.05, 0.1) is 12.3 Å². The minimum atomic E-state index is 0.0118. The van der Waals surface area contributed by atoms with Crippen LogP contribution in [0.1, 0.15) is 40.0 Å². The summed E-state index contributed by atoms with van der Waals surface area (Å²) in [6, 6.07) is 16.6. The largest absolute Gasteiger partial charge is 0.368 e.